The maximum Gasteiger partial charge on any atom is 0.323 e. The number of aliphatic carboxylic acids is 1. The van der Waals surface area contributed by atoms with Gasteiger partial charge in [0.05, 0.1) is 0 Å². The zero-order chi connectivity index (χ0) is 13.4. The Kier molecular flexibility index (Phi) is 7.78. The minimum Gasteiger partial charge on any atom is -0.480 e. The lowest BCUT2D eigenvalue weighted by Crippen LogP contribution is -2.45. The lowest BCUT2D eigenvalue weighted by Gasteiger charge is -2.23. The van der Waals surface area contributed by atoms with Gasteiger partial charge in [-0.15, -0.1) is 0 Å². The first kappa shape index (κ1) is 16.1. The predicted molar refractivity (Wildman–Crippen MR) is 70.4 cm³/mol. The molecule has 0 spiro atoms. The van der Waals surface area contributed by atoms with Crippen LogP contribution >= 0.6 is 11.8 Å². The molecule has 0 bridgehead atoms. The van der Waals surface area contributed by atoms with E-state index in [4.69, 9.17) is 5.11 Å². The van der Waals surface area contributed by atoms with Gasteiger partial charge in [-0.2, -0.15) is 11.8 Å². The molecule has 0 heterocycles. The average molecular weight is 262 g/mol. The summed E-state index contributed by atoms with van der Waals surface area (Å²) in [5.74, 6) is -0.739. The zero-order valence-corrected chi connectivity index (χ0v) is 11.7. The maximum absolute atomic E-state index is 11.8. The standard InChI is InChI=1S/C11H22N2O3S/c1-8(2)6-13(7-10(14)15)11(16)12-5-9(3)17-4/h8-9H,5-7H2,1-4H3,(H,12,16)(H,14,15). The van der Waals surface area contributed by atoms with Crippen LogP contribution in [0.5, 0.6) is 0 Å². The Bertz CT molecular complexity index is 259. The molecule has 100 valence electrons. The second kappa shape index (κ2) is 8.22. The first-order valence-electron chi connectivity index (χ1n) is 5.64. The van der Waals surface area contributed by atoms with Crippen molar-refractivity contribution in [3.63, 3.8) is 0 Å². The highest BCUT2D eigenvalue weighted by Crippen LogP contribution is 2.04. The van der Waals surface area contributed by atoms with Gasteiger partial charge in [-0.25, -0.2) is 4.79 Å². The molecule has 0 aromatic carbocycles. The highest BCUT2D eigenvalue weighted by Gasteiger charge is 2.17. The van der Waals surface area contributed by atoms with E-state index in [1.807, 2.05) is 27.0 Å². The van der Waals surface area contributed by atoms with Crippen molar-refractivity contribution in [2.24, 2.45) is 5.92 Å². The van der Waals surface area contributed by atoms with E-state index in [-0.39, 0.29) is 18.5 Å². The van der Waals surface area contributed by atoms with Gasteiger partial charge in [-0.1, -0.05) is 20.8 Å². The van der Waals surface area contributed by atoms with Crippen molar-refractivity contribution in [2.45, 2.75) is 26.0 Å². The van der Waals surface area contributed by atoms with Gasteiger partial charge in [0.2, 0.25) is 0 Å². The predicted octanol–water partition coefficient (Wildman–Crippen LogP) is 1.49. The van der Waals surface area contributed by atoms with Crippen LogP contribution in [0.25, 0.3) is 0 Å². The molecule has 0 saturated carbocycles. The zero-order valence-electron chi connectivity index (χ0n) is 10.9. The third-order valence-corrected chi connectivity index (χ3v) is 3.11. The summed E-state index contributed by atoms with van der Waals surface area (Å²) in [5.41, 5.74) is 0. The SMILES string of the molecule is CSC(C)CNC(=O)N(CC(=O)O)CC(C)C. The fraction of sp³-hybridized carbons (Fsp3) is 0.818. The number of hydrogen-bond donors (Lipinski definition) is 2. The van der Waals surface area contributed by atoms with Gasteiger partial charge in [0.1, 0.15) is 6.54 Å². The van der Waals surface area contributed by atoms with E-state index in [0.29, 0.717) is 18.3 Å². The molecule has 2 N–H and O–H groups in total. The minimum atomic E-state index is -0.987. The van der Waals surface area contributed by atoms with Crippen LogP contribution < -0.4 is 5.32 Å². The number of thioether (sulfide) groups is 1. The minimum absolute atomic E-state index is 0.248. The van der Waals surface area contributed by atoms with E-state index >= 15 is 0 Å². The number of carboxylic acids is 1. The molecule has 5 nitrogen and oxygen atoms in total. The molecule has 0 aliphatic rings. The number of carboxylic acid groups (broad SMARTS) is 1. The second-order valence-corrected chi connectivity index (χ2v) is 5.68. The van der Waals surface area contributed by atoms with Crippen LogP contribution in [-0.4, -0.2) is 53.1 Å². The number of carbonyl (C=O) groups is 2. The average Bonchev–Trinajstić information content (AvgIpc) is 2.23. The lowest BCUT2D eigenvalue weighted by molar-refractivity contribution is -0.137. The van der Waals surface area contributed by atoms with Crippen molar-refractivity contribution in [2.75, 3.05) is 25.9 Å². The number of rotatable bonds is 7. The summed E-state index contributed by atoms with van der Waals surface area (Å²) in [6, 6.07) is -0.304. The third kappa shape index (κ3) is 7.90. The maximum atomic E-state index is 11.8. The van der Waals surface area contributed by atoms with Crippen LogP contribution in [0.2, 0.25) is 0 Å². The molecule has 1 atom stereocenters. The number of nitrogens with zero attached hydrogens (tertiary/aromatic N) is 1. The van der Waals surface area contributed by atoms with Gasteiger partial charge in [-0.05, 0) is 12.2 Å². The van der Waals surface area contributed by atoms with E-state index in [9.17, 15) is 9.59 Å². The van der Waals surface area contributed by atoms with E-state index < -0.39 is 5.97 Å². The quantitative estimate of drug-likeness (QED) is 0.729. The molecular formula is C11H22N2O3S. The molecule has 6 heteroatoms. The Labute approximate surface area is 107 Å². The molecule has 0 saturated heterocycles. The summed E-state index contributed by atoms with van der Waals surface area (Å²) in [7, 11) is 0. The highest BCUT2D eigenvalue weighted by molar-refractivity contribution is 7.99. The van der Waals surface area contributed by atoms with E-state index in [1.54, 1.807) is 11.8 Å². The van der Waals surface area contributed by atoms with Gasteiger partial charge in [-0.3, -0.25) is 4.79 Å². The van der Waals surface area contributed by atoms with Crippen molar-refractivity contribution >= 4 is 23.8 Å². The fourth-order valence-electron chi connectivity index (χ4n) is 1.25. The Morgan fingerprint density at radius 2 is 1.94 bits per heavy atom. The van der Waals surface area contributed by atoms with Crippen LogP contribution in [0, 0.1) is 5.92 Å². The molecule has 0 aromatic heterocycles. The van der Waals surface area contributed by atoms with Crippen molar-refractivity contribution < 1.29 is 14.7 Å². The van der Waals surface area contributed by atoms with Gasteiger partial charge >= 0.3 is 12.0 Å². The fourth-order valence-corrected chi connectivity index (χ4v) is 1.50. The third-order valence-electron chi connectivity index (χ3n) is 2.14. The smallest absolute Gasteiger partial charge is 0.323 e. The number of hydrogen-bond acceptors (Lipinski definition) is 3. The summed E-state index contributed by atoms with van der Waals surface area (Å²) < 4.78 is 0. The monoisotopic (exact) mass is 262 g/mol. The molecule has 0 fully saturated rings. The van der Waals surface area contributed by atoms with E-state index in [1.165, 1.54) is 4.90 Å². The normalized spacial score (nSPS) is 12.3. The molecule has 17 heavy (non-hydrogen) atoms. The molecular weight excluding hydrogens is 240 g/mol. The summed E-state index contributed by atoms with van der Waals surface area (Å²) in [6.45, 7) is 6.66. The van der Waals surface area contributed by atoms with Crippen LogP contribution in [0.3, 0.4) is 0 Å². The lowest BCUT2D eigenvalue weighted by atomic mass is 10.2. The first-order chi connectivity index (χ1) is 7.86. The summed E-state index contributed by atoms with van der Waals surface area (Å²) in [5, 5.41) is 11.8. The van der Waals surface area contributed by atoms with Gasteiger partial charge in [0.25, 0.3) is 0 Å². The molecule has 1 unspecified atom stereocenters. The largest absolute Gasteiger partial charge is 0.480 e. The van der Waals surface area contributed by atoms with Crippen LogP contribution in [0.15, 0.2) is 0 Å². The van der Waals surface area contributed by atoms with Gasteiger partial charge in [0.15, 0.2) is 0 Å². The molecule has 0 aromatic rings. The Morgan fingerprint density at radius 3 is 2.35 bits per heavy atom. The topological polar surface area (TPSA) is 69.6 Å². The molecule has 0 aliphatic carbocycles. The summed E-state index contributed by atoms with van der Waals surface area (Å²) in [6.07, 6.45) is 1.97. The van der Waals surface area contributed by atoms with Crippen LogP contribution in [0.1, 0.15) is 20.8 Å². The van der Waals surface area contributed by atoms with Crippen LogP contribution in [-0.2, 0) is 4.79 Å². The second-order valence-electron chi connectivity index (χ2n) is 4.40. The van der Waals surface area contributed by atoms with E-state index in [0.717, 1.165) is 0 Å². The number of urea groups is 1. The van der Waals surface area contributed by atoms with Gasteiger partial charge in [0, 0.05) is 18.3 Å². The van der Waals surface area contributed by atoms with Crippen molar-refractivity contribution in [1.82, 2.24) is 10.2 Å². The van der Waals surface area contributed by atoms with Gasteiger partial charge < -0.3 is 15.3 Å². The number of nitrogens with one attached hydrogen (secondary N) is 1. The molecule has 0 rings (SSSR count). The number of amides is 2. The Hall–Kier alpha value is -0.910. The van der Waals surface area contributed by atoms with Crippen molar-refractivity contribution in [1.29, 1.82) is 0 Å². The summed E-state index contributed by atoms with van der Waals surface area (Å²) in [4.78, 5) is 23.8. The Balaban J connectivity index is 4.26. The summed E-state index contributed by atoms with van der Waals surface area (Å²) >= 11 is 1.66. The molecule has 2 amide bonds. The number of carbonyl (C=O) groups excluding carboxylic acids is 1. The Morgan fingerprint density at radius 1 is 1.35 bits per heavy atom. The van der Waals surface area contributed by atoms with E-state index in [2.05, 4.69) is 5.32 Å². The van der Waals surface area contributed by atoms with Crippen molar-refractivity contribution in [3.8, 4) is 0 Å². The first-order valence-corrected chi connectivity index (χ1v) is 6.93. The van der Waals surface area contributed by atoms with Crippen molar-refractivity contribution in [3.05, 3.63) is 0 Å². The molecule has 0 aliphatic heterocycles. The van der Waals surface area contributed by atoms with Crippen LogP contribution in [0.4, 0.5) is 4.79 Å². The molecule has 0 radical (unpaired) electrons. The highest BCUT2D eigenvalue weighted by atomic mass is 32.2.